The molecule has 189 valence electrons. The number of aromatic nitrogens is 3. The summed E-state index contributed by atoms with van der Waals surface area (Å²) in [6.07, 6.45) is 4.52. The molecule has 3 heterocycles. The Hall–Kier alpha value is -3.33. The number of pyridine rings is 1. The van der Waals surface area contributed by atoms with E-state index in [0.717, 1.165) is 33.9 Å². The third-order valence-electron chi connectivity index (χ3n) is 6.54. The second-order valence-electron chi connectivity index (χ2n) is 10.1. The number of nitrogens with zero attached hydrogens (tertiary/aromatic N) is 3. The summed E-state index contributed by atoms with van der Waals surface area (Å²) >= 11 is 0. The van der Waals surface area contributed by atoms with Crippen molar-refractivity contribution in [3.8, 4) is 22.6 Å². The molecule has 5 aromatic rings. The fraction of sp³-hybridized carbons (Fsp3) is 0.212. The summed E-state index contributed by atoms with van der Waals surface area (Å²) in [5.74, 6) is 1.49. The Bertz CT molecular complexity index is 1530. The van der Waals surface area contributed by atoms with Crippen LogP contribution in [-0.2, 0) is 25.6 Å². The van der Waals surface area contributed by atoms with E-state index in [-0.39, 0.29) is 25.6 Å². The number of benzene rings is 3. The summed E-state index contributed by atoms with van der Waals surface area (Å²) in [6.45, 7) is 10.9. The topological polar surface area (TPSA) is 30.7 Å². The Morgan fingerprint density at radius 2 is 1.54 bits per heavy atom. The molecule has 0 unspecified atom stereocenters. The number of aryl methyl sites for hydroxylation is 1. The smallest absolute Gasteiger partial charge is 0.0780 e. The van der Waals surface area contributed by atoms with Crippen molar-refractivity contribution < 1.29 is 20.1 Å². The molecule has 0 atom stereocenters. The molecule has 1 aliphatic heterocycles. The quantitative estimate of drug-likeness (QED) is 0.183. The van der Waals surface area contributed by atoms with Crippen LogP contribution in [0.2, 0.25) is 0 Å². The zero-order valence-electron chi connectivity index (χ0n) is 21.9. The van der Waals surface area contributed by atoms with Crippen LogP contribution < -0.4 is 0 Å². The van der Waals surface area contributed by atoms with E-state index in [1.54, 1.807) is 0 Å². The van der Waals surface area contributed by atoms with Gasteiger partial charge in [-0.2, -0.15) is 0 Å². The maximum Gasteiger partial charge on any atom is 0.0780 e. The minimum atomic E-state index is -0.0971. The molecule has 0 fully saturated rings. The van der Waals surface area contributed by atoms with Crippen LogP contribution in [0, 0.1) is 19.1 Å². The predicted octanol–water partition coefficient (Wildman–Crippen LogP) is 8.24. The van der Waals surface area contributed by atoms with Crippen LogP contribution in [0.1, 0.15) is 50.4 Å². The second-order valence-corrected chi connectivity index (χ2v) is 10.1. The van der Waals surface area contributed by atoms with Gasteiger partial charge in [0.25, 0.3) is 0 Å². The largest absolute Gasteiger partial charge is 0.355 e. The van der Waals surface area contributed by atoms with E-state index >= 15 is 0 Å². The molecule has 0 spiro atoms. The van der Waals surface area contributed by atoms with Gasteiger partial charge in [-0.15, -0.1) is 71.8 Å². The number of imidazole rings is 1. The molecule has 1 radical (unpaired) electrons. The van der Waals surface area contributed by atoms with Crippen molar-refractivity contribution in [1.82, 2.24) is 14.5 Å². The minimum absolute atomic E-state index is 0. The van der Waals surface area contributed by atoms with Crippen LogP contribution in [0.15, 0.2) is 84.9 Å². The summed E-state index contributed by atoms with van der Waals surface area (Å²) in [5, 5.41) is 0. The van der Waals surface area contributed by atoms with Gasteiger partial charge in [-0.25, -0.2) is 0 Å². The average Bonchev–Trinajstić information content (AvgIpc) is 3.29. The minimum Gasteiger partial charge on any atom is -0.355 e. The van der Waals surface area contributed by atoms with E-state index in [4.69, 9.17) is 4.98 Å². The molecule has 0 aliphatic carbocycles. The van der Waals surface area contributed by atoms with Gasteiger partial charge in [0, 0.05) is 25.8 Å². The van der Waals surface area contributed by atoms with Gasteiger partial charge >= 0.3 is 0 Å². The molecule has 3 nitrogen and oxygen atoms in total. The van der Waals surface area contributed by atoms with E-state index in [1.165, 1.54) is 16.6 Å². The first-order chi connectivity index (χ1) is 17.3. The van der Waals surface area contributed by atoms with E-state index < -0.39 is 0 Å². The summed E-state index contributed by atoms with van der Waals surface area (Å²) < 4.78 is 2.35. The Kier molecular flexibility index (Phi) is 7.92. The van der Waals surface area contributed by atoms with Gasteiger partial charge in [0.15, 0.2) is 0 Å². The van der Waals surface area contributed by atoms with Crippen molar-refractivity contribution >= 4 is 17.1 Å². The molecule has 0 saturated carbocycles. The van der Waals surface area contributed by atoms with Gasteiger partial charge in [0.1, 0.15) is 0 Å². The zero-order valence-corrected chi connectivity index (χ0v) is 24.3. The van der Waals surface area contributed by atoms with Crippen molar-refractivity contribution in [3.05, 3.63) is 114 Å². The summed E-state index contributed by atoms with van der Waals surface area (Å²) in [4.78, 5) is 9.40. The molecule has 2 aromatic heterocycles. The third kappa shape index (κ3) is 5.51. The van der Waals surface area contributed by atoms with Crippen LogP contribution in [0.3, 0.4) is 0 Å². The SMILES string of the molecule is CC(C)c1cc2c3c(c1)nc(-c1[c-]cccc1)n3C(C)(C)C=C2.Cc1cccc(-c2[c-]cccc2)n1.[Ir]. The summed E-state index contributed by atoms with van der Waals surface area (Å²) in [5.41, 5.74) is 8.93. The number of allylic oxidation sites excluding steroid dienone is 1. The molecule has 3 aromatic carbocycles. The first-order valence-corrected chi connectivity index (χ1v) is 12.5. The van der Waals surface area contributed by atoms with Crippen LogP contribution >= 0.6 is 0 Å². The first kappa shape index (κ1) is 26.7. The van der Waals surface area contributed by atoms with Crippen molar-refractivity contribution in [1.29, 1.82) is 0 Å². The molecule has 6 rings (SSSR count). The Morgan fingerprint density at radius 3 is 2.16 bits per heavy atom. The van der Waals surface area contributed by atoms with Crippen molar-refractivity contribution in [2.75, 3.05) is 0 Å². The first-order valence-electron chi connectivity index (χ1n) is 12.5. The van der Waals surface area contributed by atoms with Gasteiger partial charge in [-0.1, -0.05) is 38.1 Å². The molecular formula is C33H31IrN3-2. The predicted molar refractivity (Wildman–Crippen MR) is 150 cm³/mol. The van der Waals surface area contributed by atoms with Crippen LogP contribution in [0.25, 0.3) is 39.8 Å². The van der Waals surface area contributed by atoms with Crippen LogP contribution in [0.5, 0.6) is 0 Å². The van der Waals surface area contributed by atoms with Crippen LogP contribution in [-0.4, -0.2) is 14.5 Å². The number of hydrogen-bond donors (Lipinski definition) is 0. The Morgan fingerprint density at radius 1 is 0.838 bits per heavy atom. The van der Waals surface area contributed by atoms with Crippen molar-refractivity contribution in [2.45, 2.75) is 46.1 Å². The maximum atomic E-state index is 4.98. The van der Waals surface area contributed by atoms with Gasteiger partial charge in [-0.3, -0.25) is 4.98 Å². The standard InChI is InChI=1S/C21H21N2.C12H10N.Ir/c1-14(2)17-12-16-10-11-21(3,4)23-19(16)18(13-17)22-20(23)15-8-6-5-7-9-15;1-10-6-5-9-12(13-10)11-7-3-2-4-8-11;/h5-8,10-14H,1-4H3;2-7,9H,1H3;/q2*-1;. The molecule has 37 heavy (non-hydrogen) atoms. The monoisotopic (exact) mass is 662 g/mol. The number of hydrogen-bond acceptors (Lipinski definition) is 2. The third-order valence-corrected chi connectivity index (χ3v) is 6.54. The molecule has 4 heteroatoms. The fourth-order valence-corrected chi connectivity index (χ4v) is 4.61. The van der Waals surface area contributed by atoms with E-state index in [9.17, 15) is 0 Å². The Balaban J connectivity index is 0.000000195. The molecule has 0 saturated heterocycles. The van der Waals surface area contributed by atoms with E-state index in [0.29, 0.717) is 5.92 Å². The summed E-state index contributed by atoms with van der Waals surface area (Å²) in [6, 6.07) is 33.0. The van der Waals surface area contributed by atoms with Gasteiger partial charge in [0.2, 0.25) is 0 Å². The molecule has 1 aliphatic rings. The second kappa shape index (κ2) is 11.0. The molecule has 0 amide bonds. The molecule has 0 bridgehead atoms. The maximum absolute atomic E-state index is 4.98. The molecule has 0 N–H and O–H groups in total. The van der Waals surface area contributed by atoms with Gasteiger partial charge in [0.05, 0.1) is 22.4 Å². The zero-order chi connectivity index (χ0) is 25.3. The normalized spacial score (nSPS) is 13.1. The molecular weight excluding hydrogens is 631 g/mol. The average molecular weight is 662 g/mol. The van der Waals surface area contributed by atoms with Gasteiger partial charge in [-0.05, 0) is 61.7 Å². The van der Waals surface area contributed by atoms with Crippen LogP contribution in [0.4, 0.5) is 0 Å². The van der Waals surface area contributed by atoms with Gasteiger partial charge < -0.3 is 9.55 Å². The summed E-state index contributed by atoms with van der Waals surface area (Å²) in [7, 11) is 0. The number of rotatable bonds is 3. The fourth-order valence-electron chi connectivity index (χ4n) is 4.61. The van der Waals surface area contributed by atoms with E-state index in [1.807, 2.05) is 67.6 Å². The van der Waals surface area contributed by atoms with E-state index in [2.05, 4.69) is 79.7 Å². The van der Waals surface area contributed by atoms with Crippen molar-refractivity contribution in [2.24, 2.45) is 0 Å². The Labute approximate surface area is 233 Å². The van der Waals surface area contributed by atoms with Crippen molar-refractivity contribution in [3.63, 3.8) is 0 Å².